The van der Waals surface area contributed by atoms with Crippen molar-refractivity contribution >= 4 is 23.4 Å². The molecule has 0 spiro atoms. The Bertz CT molecular complexity index is 427. The van der Waals surface area contributed by atoms with Crippen LogP contribution in [0.3, 0.4) is 0 Å². The number of nitrogens with zero attached hydrogens (tertiary/aromatic N) is 3. The molecule has 0 atom stereocenters. The maximum atomic E-state index is 8.60. The Morgan fingerprint density at radius 2 is 2.08 bits per heavy atom. The Balaban J connectivity index is 0.000000720. The molecule has 0 radical (unpaired) electrons. The molecule has 1 aromatic carbocycles. The number of hydrogen-bond donors (Lipinski definition) is 0. The summed E-state index contributed by atoms with van der Waals surface area (Å²) >= 11 is 0. The largest absolute Gasteiger partial charge is 0.236 e. The highest BCUT2D eigenvalue weighted by Crippen LogP contribution is 2.09. The summed E-state index contributed by atoms with van der Waals surface area (Å²) in [6, 6.07) is 7.53. The Morgan fingerprint density at radius 1 is 1.33 bits per heavy atom. The first kappa shape index (κ1) is 8.57. The van der Waals surface area contributed by atoms with Crippen LogP contribution in [0.5, 0.6) is 0 Å². The minimum absolute atomic E-state index is 0. The van der Waals surface area contributed by atoms with Gasteiger partial charge in [-0.2, -0.15) is 5.26 Å². The van der Waals surface area contributed by atoms with Crippen molar-refractivity contribution < 1.29 is 0 Å². The van der Waals surface area contributed by atoms with Crippen molar-refractivity contribution in [1.29, 1.82) is 5.26 Å². The number of para-hydroxylation sites is 2. The molecule has 0 saturated heterocycles. The molecule has 0 saturated carbocycles. The molecule has 0 unspecified atom stereocenters. The Kier molecular flexibility index (Phi) is 2.32. The zero-order valence-electron chi connectivity index (χ0n) is 6.14. The second-order valence-corrected chi connectivity index (χ2v) is 2.20. The molecule has 0 aliphatic rings. The highest BCUT2D eigenvalue weighted by atomic mass is 35.5. The molecule has 0 N–H and O–H groups in total. The average Bonchev–Trinajstić information content (AvgIpc) is 2.47. The fourth-order valence-corrected chi connectivity index (χ4v) is 1.04. The minimum atomic E-state index is 0. The number of aromatic nitrogens is 2. The van der Waals surface area contributed by atoms with Gasteiger partial charge in [0.25, 0.3) is 0 Å². The van der Waals surface area contributed by atoms with Crippen molar-refractivity contribution in [2.24, 2.45) is 0 Å². The zero-order valence-corrected chi connectivity index (χ0v) is 6.95. The summed E-state index contributed by atoms with van der Waals surface area (Å²) in [6.45, 7) is 0. The third-order valence-corrected chi connectivity index (χ3v) is 1.56. The third kappa shape index (κ3) is 1.13. The number of hydrogen-bond acceptors (Lipinski definition) is 2. The topological polar surface area (TPSA) is 41.6 Å². The van der Waals surface area contributed by atoms with E-state index in [4.69, 9.17) is 5.26 Å². The van der Waals surface area contributed by atoms with E-state index >= 15 is 0 Å². The van der Waals surface area contributed by atoms with Gasteiger partial charge >= 0.3 is 0 Å². The van der Waals surface area contributed by atoms with Crippen molar-refractivity contribution in [3.05, 3.63) is 30.6 Å². The predicted octanol–water partition coefficient (Wildman–Crippen LogP) is 1.79. The van der Waals surface area contributed by atoms with Gasteiger partial charge in [0.2, 0.25) is 0 Å². The van der Waals surface area contributed by atoms with E-state index in [9.17, 15) is 0 Å². The Labute approximate surface area is 75.7 Å². The fourth-order valence-electron chi connectivity index (χ4n) is 1.04. The summed E-state index contributed by atoms with van der Waals surface area (Å²) in [6.07, 6.45) is 3.52. The zero-order chi connectivity index (χ0) is 7.68. The summed E-state index contributed by atoms with van der Waals surface area (Å²) in [5.74, 6) is 0. The molecule has 0 fully saturated rings. The van der Waals surface area contributed by atoms with E-state index in [1.165, 1.54) is 10.9 Å². The number of benzene rings is 1. The molecule has 3 nitrogen and oxygen atoms in total. The van der Waals surface area contributed by atoms with E-state index in [0.717, 1.165) is 11.0 Å². The lowest BCUT2D eigenvalue weighted by Crippen LogP contribution is -1.82. The lowest BCUT2D eigenvalue weighted by Gasteiger charge is -1.87. The molecule has 0 aliphatic heterocycles. The van der Waals surface area contributed by atoms with Gasteiger partial charge in [0.05, 0.1) is 11.0 Å². The maximum absolute atomic E-state index is 8.60. The number of nitriles is 1. The smallest absolute Gasteiger partial charge is 0.190 e. The molecule has 1 heterocycles. The Hall–Kier alpha value is -1.53. The lowest BCUT2D eigenvalue weighted by molar-refractivity contribution is 1.11. The van der Waals surface area contributed by atoms with Crippen LogP contribution in [-0.4, -0.2) is 9.55 Å². The summed E-state index contributed by atoms with van der Waals surface area (Å²) in [4.78, 5) is 4.03. The molecule has 0 amide bonds. The summed E-state index contributed by atoms with van der Waals surface area (Å²) in [7, 11) is 0. The first-order chi connectivity index (χ1) is 5.42. The van der Waals surface area contributed by atoms with Gasteiger partial charge in [-0.05, 0) is 12.1 Å². The van der Waals surface area contributed by atoms with Crippen molar-refractivity contribution in [2.75, 3.05) is 0 Å². The molecule has 0 bridgehead atoms. The minimum Gasteiger partial charge on any atom is -0.236 e. The molecule has 2 aromatic rings. The van der Waals surface area contributed by atoms with Crippen LogP contribution in [0.2, 0.25) is 0 Å². The summed E-state index contributed by atoms with van der Waals surface area (Å²) in [5.41, 5.74) is 1.71. The van der Waals surface area contributed by atoms with E-state index in [2.05, 4.69) is 4.98 Å². The average molecular weight is 180 g/mol. The molecule has 0 aliphatic carbocycles. The lowest BCUT2D eigenvalue weighted by atomic mass is 10.3. The quantitative estimate of drug-likeness (QED) is 0.619. The first-order valence-electron chi connectivity index (χ1n) is 3.24. The second kappa shape index (κ2) is 3.24. The maximum Gasteiger partial charge on any atom is 0.190 e. The monoisotopic (exact) mass is 179 g/mol. The highest BCUT2D eigenvalue weighted by Gasteiger charge is 1.97. The van der Waals surface area contributed by atoms with Crippen LogP contribution in [0.15, 0.2) is 30.6 Å². The Morgan fingerprint density at radius 3 is 2.83 bits per heavy atom. The van der Waals surface area contributed by atoms with Gasteiger partial charge in [-0.15, -0.1) is 12.4 Å². The van der Waals surface area contributed by atoms with Crippen molar-refractivity contribution in [1.82, 2.24) is 9.55 Å². The van der Waals surface area contributed by atoms with E-state index in [1.54, 1.807) is 0 Å². The molecule has 4 heteroatoms. The third-order valence-electron chi connectivity index (χ3n) is 1.56. The normalized spacial score (nSPS) is 8.92. The van der Waals surface area contributed by atoms with E-state index in [0.29, 0.717) is 0 Å². The van der Waals surface area contributed by atoms with Crippen LogP contribution in [-0.2, 0) is 0 Å². The number of fused-ring (bicyclic) bond motifs is 1. The van der Waals surface area contributed by atoms with Crippen LogP contribution in [0.1, 0.15) is 0 Å². The highest BCUT2D eigenvalue weighted by molar-refractivity contribution is 5.85. The van der Waals surface area contributed by atoms with E-state index in [1.807, 2.05) is 30.5 Å². The number of imidazole rings is 1. The molecule has 60 valence electrons. The van der Waals surface area contributed by atoms with Crippen molar-refractivity contribution in [3.63, 3.8) is 0 Å². The first-order valence-corrected chi connectivity index (χ1v) is 3.24. The van der Waals surface area contributed by atoms with Crippen LogP contribution < -0.4 is 0 Å². The fraction of sp³-hybridized carbons (Fsp3) is 0. The van der Waals surface area contributed by atoms with Crippen LogP contribution in [0.25, 0.3) is 11.0 Å². The van der Waals surface area contributed by atoms with Crippen molar-refractivity contribution in [3.8, 4) is 6.19 Å². The van der Waals surface area contributed by atoms with Gasteiger partial charge in [0, 0.05) is 0 Å². The van der Waals surface area contributed by atoms with Gasteiger partial charge in [0.15, 0.2) is 6.19 Å². The molecule has 2 rings (SSSR count). The van der Waals surface area contributed by atoms with E-state index in [-0.39, 0.29) is 12.4 Å². The molecular formula is C8H6ClN3. The second-order valence-electron chi connectivity index (χ2n) is 2.20. The number of halogens is 1. The molecular weight excluding hydrogens is 174 g/mol. The van der Waals surface area contributed by atoms with Gasteiger partial charge < -0.3 is 0 Å². The molecule has 12 heavy (non-hydrogen) atoms. The SMILES string of the molecule is Cl.N#Cn1cnc2ccccc21. The van der Waals surface area contributed by atoms with Gasteiger partial charge in [-0.1, -0.05) is 12.1 Å². The summed E-state index contributed by atoms with van der Waals surface area (Å²) in [5, 5.41) is 8.60. The van der Waals surface area contributed by atoms with Crippen molar-refractivity contribution in [2.45, 2.75) is 0 Å². The van der Waals surface area contributed by atoms with Gasteiger partial charge in [-0.25, -0.2) is 9.55 Å². The molecule has 1 aromatic heterocycles. The van der Waals surface area contributed by atoms with E-state index < -0.39 is 0 Å². The van der Waals surface area contributed by atoms with Crippen LogP contribution >= 0.6 is 12.4 Å². The van der Waals surface area contributed by atoms with Crippen LogP contribution in [0, 0.1) is 11.5 Å². The standard InChI is InChI=1S/C8H5N3.ClH/c9-5-11-6-10-7-3-1-2-4-8(7)11;/h1-4,6H;1H. The van der Waals surface area contributed by atoms with Gasteiger partial charge in [0.1, 0.15) is 6.33 Å². The van der Waals surface area contributed by atoms with Crippen LogP contribution in [0.4, 0.5) is 0 Å². The summed E-state index contributed by atoms with van der Waals surface area (Å²) < 4.78 is 1.44. The van der Waals surface area contributed by atoms with Gasteiger partial charge in [-0.3, -0.25) is 0 Å². The predicted molar refractivity (Wildman–Crippen MR) is 48.0 cm³/mol. The number of rotatable bonds is 0.